The van der Waals surface area contributed by atoms with Crippen LogP contribution in [-0.4, -0.2) is 39.6 Å². The predicted octanol–water partition coefficient (Wildman–Crippen LogP) is 4.65. The number of alkyl halides is 2. The second kappa shape index (κ2) is 8.38. The largest absolute Gasteiger partial charge is 0.495 e. The van der Waals surface area contributed by atoms with Crippen LogP contribution in [0.2, 0.25) is 0 Å². The number of Topliss-reactive ketones (excluding diaryl/α,β-unsaturated/α-hetero) is 1. The highest BCUT2D eigenvalue weighted by Crippen LogP contribution is 2.40. The molecule has 2 aliphatic rings. The fourth-order valence-corrected chi connectivity index (χ4v) is 4.03. The zero-order valence-corrected chi connectivity index (χ0v) is 18.3. The Morgan fingerprint density at radius 3 is 2.76 bits per heavy atom. The van der Waals surface area contributed by atoms with E-state index in [9.17, 15) is 13.6 Å². The summed E-state index contributed by atoms with van der Waals surface area (Å²) >= 11 is 0. The molecule has 0 unspecified atom stereocenters. The standard InChI is InChI=1S/C24H23F2N5O2/c1-31-12-27-11-20(31)14-5-6-16(22(7-14)33-2)29-17-8-15(9-21(32)13-3-4-13)28-18-10-19(24(25)26)30-23(17)18/h5-8,11-13,24H,3-4,9-10H2,1-2H3,(H,28,29). The maximum Gasteiger partial charge on any atom is 0.277 e. The van der Waals surface area contributed by atoms with Crippen LogP contribution in [0.5, 0.6) is 5.75 Å². The van der Waals surface area contributed by atoms with E-state index in [4.69, 9.17) is 4.74 Å². The smallest absolute Gasteiger partial charge is 0.277 e. The number of methoxy groups -OCH3 is 1. The highest BCUT2D eigenvalue weighted by molar-refractivity contribution is 5.99. The average Bonchev–Trinajstić information content (AvgIpc) is 3.42. The number of carbonyl (C=O) groups excluding carboxylic acids is 1. The van der Waals surface area contributed by atoms with Crippen LogP contribution in [0.1, 0.15) is 24.2 Å². The fourth-order valence-electron chi connectivity index (χ4n) is 4.03. The zero-order valence-electron chi connectivity index (χ0n) is 18.3. The van der Waals surface area contributed by atoms with Crippen molar-refractivity contribution in [1.82, 2.24) is 14.5 Å². The number of ketones is 1. The van der Waals surface area contributed by atoms with Crippen LogP contribution >= 0.6 is 0 Å². The first kappa shape index (κ1) is 21.2. The van der Waals surface area contributed by atoms with Crippen molar-refractivity contribution in [3.63, 3.8) is 0 Å². The number of benzene rings is 1. The third-order valence-electron chi connectivity index (χ3n) is 5.95. The molecule has 1 aromatic carbocycles. The molecule has 1 saturated carbocycles. The molecule has 0 radical (unpaired) electrons. The van der Waals surface area contributed by atoms with E-state index in [2.05, 4.69) is 20.3 Å². The minimum atomic E-state index is -2.66. The molecule has 170 valence electrons. The minimum Gasteiger partial charge on any atom is -0.495 e. The molecule has 5 rings (SSSR count). The van der Waals surface area contributed by atoms with Gasteiger partial charge in [-0.1, -0.05) is 6.07 Å². The number of aromatic nitrogens is 3. The van der Waals surface area contributed by atoms with Gasteiger partial charge < -0.3 is 14.6 Å². The molecular formula is C24H23F2N5O2. The van der Waals surface area contributed by atoms with Crippen molar-refractivity contribution in [3.8, 4) is 17.0 Å². The Kier molecular flexibility index (Phi) is 5.39. The van der Waals surface area contributed by atoms with Crippen LogP contribution in [0, 0.1) is 5.92 Å². The maximum atomic E-state index is 13.4. The van der Waals surface area contributed by atoms with Crippen LogP contribution in [-0.2, 0) is 24.7 Å². The Bertz CT molecular complexity index is 1260. The second-order valence-corrected chi connectivity index (χ2v) is 8.38. The first-order chi connectivity index (χ1) is 15.9. The van der Waals surface area contributed by atoms with E-state index >= 15 is 0 Å². The van der Waals surface area contributed by atoms with E-state index in [0.29, 0.717) is 34.2 Å². The van der Waals surface area contributed by atoms with E-state index < -0.39 is 6.43 Å². The number of nitrogens with one attached hydrogen (secondary N) is 1. The lowest BCUT2D eigenvalue weighted by molar-refractivity contribution is -0.119. The second-order valence-electron chi connectivity index (χ2n) is 8.38. The Morgan fingerprint density at radius 1 is 1.27 bits per heavy atom. The van der Waals surface area contributed by atoms with Gasteiger partial charge in [-0.2, -0.15) is 0 Å². The quantitative estimate of drug-likeness (QED) is 0.539. The molecule has 0 atom stereocenters. The highest BCUT2D eigenvalue weighted by atomic mass is 19.3. The zero-order chi connectivity index (χ0) is 23.1. The number of halogens is 2. The summed E-state index contributed by atoms with van der Waals surface area (Å²) in [6.45, 7) is 0. The van der Waals surface area contributed by atoms with Gasteiger partial charge >= 0.3 is 0 Å². The number of aryl methyl sites for hydroxylation is 1. The highest BCUT2D eigenvalue weighted by Gasteiger charge is 2.31. The number of rotatable bonds is 8. The normalized spacial score (nSPS) is 14.9. The van der Waals surface area contributed by atoms with Gasteiger partial charge in [-0.3, -0.25) is 9.78 Å². The predicted molar refractivity (Wildman–Crippen MR) is 121 cm³/mol. The summed E-state index contributed by atoms with van der Waals surface area (Å²) in [6, 6.07) is 7.39. The Morgan fingerprint density at radius 2 is 2.09 bits per heavy atom. The number of hydrogen-bond donors (Lipinski definition) is 1. The maximum absolute atomic E-state index is 13.4. The summed E-state index contributed by atoms with van der Waals surface area (Å²) in [5.74, 6) is 0.814. The van der Waals surface area contributed by atoms with Crippen molar-refractivity contribution in [1.29, 1.82) is 0 Å². The molecule has 7 nitrogen and oxygen atoms in total. The van der Waals surface area contributed by atoms with E-state index in [1.807, 2.05) is 29.8 Å². The van der Waals surface area contributed by atoms with Gasteiger partial charge in [0.2, 0.25) is 0 Å². The summed E-state index contributed by atoms with van der Waals surface area (Å²) in [6.07, 6.45) is 2.81. The molecule has 0 saturated heterocycles. The summed E-state index contributed by atoms with van der Waals surface area (Å²) in [7, 11) is 3.47. The number of pyridine rings is 1. The van der Waals surface area contributed by atoms with Crippen molar-refractivity contribution in [2.24, 2.45) is 18.0 Å². The summed E-state index contributed by atoms with van der Waals surface area (Å²) in [5.41, 5.74) is 4.21. The minimum absolute atomic E-state index is 0.0241. The van der Waals surface area contributed by atoms with Crippen molar-refractivity contribution in [2.75, 3.05) is 12.4 Å². The molecule has 1 fully saturated rings. The average molecular weight is 451 g/mol. The Labute approximate surface area is 189 Å². The number of nitrogens with zero attached hydrogens (tertiary/aromatic N) is 4. The van der Waals surface area contributed by atoms with Crippen LogP contribution in [0.15, 0.2) is 41.8 Å². The molecule has 3 aromatic rings. The molecule has 9 heteroatoms. The van der Waals surface area contributed by atoms with Gasteiger partial charge in [0.25, 0.3) is 6.43 Å². The molecule has 33 heavy (non-hydrogen) atoms. The van der Waals surface area contributed by atoms with E-state index in [-0.39, 0.29) is 30.3 Å². The van der Waals surface area contributed by atoms with Gasteiger partial charge in [0.05, 0.1) is 53.8 Å². The number of ether oxygens (including phenoxy) is 1. The number of fused-ring (bicyclic) bond motifs is 1. The van der Waals surface area contributed by atoms with E-state index in [1.165, 1.54) is 0 Å². The summed E-state index contributed by atoms with van der Waals surface area (Å²) < 4.78 is 34.2. The molecular weight excluding hydrogens is 428 g/mol. The summed E-state index contributed by atoms with van der Waals surface area (Å²) in [5, 5.41) is 3.28. The fraction of sp³-hybridized carbons (Fsp3) is 0.333. The first-order valence-corrected chi connectivity index (χ1v) is 10.8. The van der Waals surface area contributed by atoms with Crippen molar-refractivity contribution in [3.05, 3.63) is 48.2 Å². The molecule has 0 spiro atoms. The number of anilines is 2. The number of hydrogen-bond acceptors (Lipinski definition) is 6. The van der Waals surface area contributed by atoms with Crippen LogP contribution < -0.4 is 10.1 Å². The van der Waals surface area contributed by atoms with Crippen molar-refractivity contribution >= 4 is 28.6 Å². The monoisotopic (exact) mass is 451 g/mol. The van der Waals surface area contributed by atoms with Gasteiger partial charge in [-0.15, -0.1) is 0 Å². The van der Waals surface area contributed by atoms with Crippen molar-refractivity contribution in [2.45, 2.75) is 32.1 Å². The molecule has 2 aromatic heterocycles. The van der Waals surface area contributed by atoms with E-state index in [0.717, 1.165) is 24.1 Å². The number of aliphatic imine (C=N–C) groups is 1. The number of carbonyl (C=O) groups is 1. The lowest BCUT2D eigenvalue weighted by Crippen LogP contribution is -2.11. The van der Waals surface area contributed by atoms with E-state index in [1.54, 1.807) is 25.7 Å². The van der Waals surface area contributed by atoms with Gasteiger partial charge in [0.1, 0.15) is 17.2 Å². The molecule has 3 heterocycles. The van der Waals surface area contributed by atoms with Crippen molar-refractivity contribution < 1.29 is 18.3 Å². The molecule has 0 amide bonds. The third-order valence-corrected chi connectivity index (χ3v) is 5.95. The van der Waals surface area contributed by atoms with Crippen LogP contribution in [0.25, 0.3) is 11.3 Å². The molecule has 1 aliphatic heterocycles. The molecule has 1 aliphatic carbocycles. The Hall–Kier alpha value is -3.62. The van der Waals surface area contributed by atoms with Crippen LogP contribution in [0.4, 0.5) is 25.8 Å². The van der Waals surface area contributed by atoms with Gasteiger partial charge in [-0.05, 0) is 31.0 Å². The van der Waals surface area contributed by atoms with Gasteiger partial charge in [-0.25, -0.2) is 18.8 Å². The lowest BCUT2D eigenvalue weighted by atomic mass is 10.1. The number of imidazole rings is 1. The van der Waals surface area contributed by atoms with Gasteiger partial charge in [0.15, 0.2) is 0 Å². The summed E-state index contributed by atoms with van der Waals surface area (Å²) in [4.78, 5) is 25.1. The molecule has 1 N–H and O–H groups in total. The SMILES string of the molecule is COc1cc(-c2cncn2C)ccc1Nc1cc(CC(=O)C2CC2)nc2c1N=C(C(F)F)C2. The molecule has 0 bridgehead atoms. The Balaban J connectivity index is 1.51. The van der Waals surface area contributed by atoms with Crippen LogP contribution in [0.3, 0.4) is 0 Å². The first-order valence-electron chi connectivity index (χ1n) is 10.8. The van der Waals surface area contributed by atoms with Gasteiger partial charge in [0, 0.05) is 31.4 Å². The third kappa shape index (κ3) is 4.22. The lowest BCUT2D eigenvalue weighted by Gasteiger charge is -2.15. The topological polar surface area (TPSA) is 81.4 Å².